The molecule has 0 aliphatic heterocycles. The summed E-state index contributed by atoms with van der Waals surface area (Å²) in [4.78, 5) is 10.5. The number of nitriles is 1. The van der Waals surface area contributed by atoms with Crippen LogP contribution in [0.25, 0.3) is 0 Å². The Morgan fingerprint density at radius 1 is 1.41 bits per heavy atom. The molecule has 5 heteroatoms. The quantitative estimate of drug-likeness (QED) is 0.838. The minimum atomic E-state index is -0.877. The van der Waals surface area contributed by atoms with Crippen LogP contribution in [0.5, 0.6) is 11.5 Å². The van der Waals surface area contributed by atoms with E-state index in [1.165, 1.54) is 14.2 Å². The molecule has 1 aromatic carbocycles. The Morgan fingerprint density at radius 3 is 2.59 bits per heavy atom. The fourth-order valence-corrected chi connectivity index (χ4v) is 1.50. The van der Waals surface area contributed by atoms with Crippen molar-refractivity contribution >= 4 is 5.97 Å². The van der Waals surface area contributed by atoms with E-state index in [0.29, 0.717) is 23.5 Å². The first kappa shape index (κ1) is 12.8. The Hall–Kier alpha value is -2.22. The molecule has 0 atom stereocenters. The number of aryl methyl sites for hydroxylation is 1. The number of carbonyl (C=O) groups is 1. The summed E-state index contributed by atoms with van der Waals surface area (Å²) in [5.41, 5.74) is 1.08. The smallest absolute Gasteiger partial charge is 0.303 e. The molecule has 5 nitrogen and oxygen atoms in total. The van der Waals surface area contributed by atoms with Gasteiger partial charge in [-0.1, -0.05) is 0 Å². The molecule has 0 heterocycles. The molecule has 0 radical (unpaired) electrons. The summed E-state index contributed by atoms with van der Waals surface area (Å²) in [7, 11) is 2.93. The van der Waals surface area contributed by atoms with E-state index >= 15 is 0 Å². The van der Waals surface area contributed by atoms with E-state index in [1.807, 2.05) is 6.07 Å². The lowest BCUT2D eigenvalue weighted by atomic mass is 10.1. The van der Waals surface area contributed by atoms with Crippen LogP contribution in [0.1, 0.15) is 17.5 Å². The number of nitrogens with zero attached hydrogens (tertiary/aromatic N) is 1. The van der Waals surface area contributed by atoms with Crippen LogP contribution in [0.15, 0.2) is 12.1 Å². The highest BCUT2D eigenvalue weighted by Crippen LogP contribution is 2.32. The first-order valence-electron chi connectivity index (χ1n) is 4.99. The predicted molar refractivity (Wildman–Crippen MR) is 60.2 cm³/mol. The van der Waals surface area contributed by atoms with Gasteiger partial charge in [0.05, 0.1) is 19.8 Å². The number of rotatable bonds is 5. The summed E-state index contributed by atoms with van der Waals surface area (Å²) < 4.78 is 10.2. The molecule has 0 fully saturated rings. The Kier molecular flexibility index (Phi) is 4.35. The zero-order valence-corrected chi connectivity index (χ0v) is 9.69. The van der Waals surface area contributed by atoms with Gasteiger partial charge in [0.1, 0.15) is 6.07 Å². The first-order chi connectivity index (χ1) is 8.12. The molecule has 1 rings (SSSR count). The maximum Gasteiger partial charge on any atom is 0.303 e. The van der Waals surface area contributed by atoms with E-state index < -0.39 is 5.97 Å². The van der Waals surface area contributed by atoms with Crippen molar-refractivity contribution in [3.63, 3.8) is 0 Å². The van der Waals surface area contributed by atoms with Crippen molar-refractivity contribution in [2.75, 3.05) is 14.2 Å². The van der Waals surface area contributed by atoms with Gasteiger partial charge in [-0.3, -0.25) is 4.79 Å². The minimum absolute atomic E-state index is 0.0142. The van der Waals surface area contributed by atoms with Gasteiger partial charge in [-0.2, -0.15) is 5.26 Å². The van der Waals surface area contributed by atoms with Crippen molar-refractivity contribution in [2.24, 2.45) is 0 Å². The molecule has 0 bridgehead atoms. The van der Waals surface area contributed by atoms with E-state index in [9.17, 15) is 4.79 Å². The summed E-state index contributed by atoms with van der Waals surface area (Å²) in [5, 5.41) is 17.6. The standard InChI is InChI=1S/C12H13NO4/c1-16-10-6-8(3-4-11(14)15)5-9(7-13)12(10)17-2/h5-6H,3-4H2,1-2H3,(H,14,15). The molecule has 0 aromatic heterocycles. The van der Waals surface area contributed by atoms with Crippen molar-refractivity contribution in [2.45, 2.75) is 12.8 Å². The second kappa shape index (κ2) is 5.75. The van der Waals surface area contributed by atoms with Crippen LogP contribution in [-0.2, 0) is 11.2 Å². The average molecular weight is 235 g/mol. The third-order valence-corrected chi connectivity index (χ3v) is 2.29. The summed E-state index contributed by atoms with van der Waals surface area (Å²) >= 11 is 0. The van der Waals surface area contributed by atoms with E-state index in [-0.39, 0.29) is 6.42 Å². The topological polar surface area (TPSA) is 79.5 Å². The summed E-state index contributed by atoms with van der Waals surface area (Å²) in [6.45, 7) is 0. The molecule has 0 aliphatic carbocycles. The predicted octanol–water partition coefficient (Wildman–Crippen LogP) is 1.59. The number of aliphatic carboxylic acids is 1. The number of carboxylic acid groups (broad SMARTS) is 1. The van der Waals surface area contributed by atoms with Crippen LogP contribution < -0.4 is 9.47 Å². The van der Waals surface area contributed by atoms with E-state index in [2.05, 4.69) is 0 Å². The highest BCUT2D eigenvalue weighted by molar-refractivity contribution is 5.67. The maximum absolute atomic E-state index is 10.5. The van der Waals surface area contributed by atoms with Crippen molar-refractivity contribution in [3.8, 4) is 17.6 Å². The number of ether oxygens (including phenoxy) is 2. The summed E-state index contributed by atoms with van der Waals surface area (Å²) in [6, 6.07) is 5.30. The molecule has 90 valence electrons. The average Bonchev–Trinajstić information content (AvgIpc) is 2.34. The monoisotopic (exact) mass is 235 g/mol. The Morgan fingerprint density at radius 2 is 2.12 bits per heavy atom. The van der Waals surface area contributed by atoms with E-state index in [0.717, 1.165) is 5.56 Å². The van der Waals surface area contributed by atoms with Gasteiger partial charge in [0.25, 0.3) is 0 Å². The molecule has 0 unspecified atom stereocenters. The first-order valence-corrected chi connectivity index (χ1v) is 4.99. The molecule has 0 saturated carbocycles. The Bertz CT molecular complexity index is 462. The van der Waals surface area contributed by atoms with Crippen molar-refractivity contribution in [1.82, 2.24) is 0 Å². The zero-order chi connectivity index (χ0) is 12.8. The summed E-state index contributed by atoms with van der Waals surface area (Å²) in [5.74, 6) is -0.0701. The Labute approximate surface area is 99.2 Å². The fraction of sp³-hybridized carbons (Fsp3) is 0.333. The number of hydrogen-bond acceptors (Lipinski definition) is 4. The Balaban J connectivity index is 3.10. The van der Waals surface area contributed by atoms with Crippen LogP contribution in [0.4, 0.5) is 0 Å². The SMILES string of the molecule is COc1cc(CCC(=O)O)cc(C#N)c1OC. The van der Waals surface area contributed by atoms with E-state index in [1.54, 1.807) is 12.1 Å². The van der Waals surface area contributed by atoms with Crippen molar-refractivity contribution in [1.29, 1.82) is 5.26 Å². The number of benzene rings is 1. The summed E-state index contributed by atoms with van der Waals surface area (Å²) in [6.07, 6.45) is 0.366. The molecule has 1 aromatic rings. The van der Waals surface area contributed by atoms with E-state index in [4.69, 9.17) is 19.8 Å². The molecular formula is C12H13NO4. The van der Waals surface area contributed by atoms with Gasteiger partial charge in [-0.25, -0.2) is 0 Å². The van der Waals surface area contributed by atoms with Crippen LogP contribution >= 0.6 is 0 Å². The fourth-order valence-electron chi connectivity index (χ4n) is 1.50. The van der Waals surface area contributed by atoms with Crippen molar-refractivity contribution < 1.29 is 19.4 Å². The molecule has 17 heavy (non-hydrogen) atoms. The third-order valence-electron chi connectivity index (χ3n) is 2.29. The molecular weight excluding hydrogens is 222 g/mol. The lowest BCUT2D eigenvalue weighted by Crippen LogP contribution is -2.00. The van der Waals surface area contributed by atoms with Crippen LogP contribution in [0.3, 0.4) is 0 Å². The van der Waals surface area contributed by atoms with Gasteiger partial charge >= 0.3 is 5.97 Å². The second-order valence-corrected chi connectivity index (χ2v) is 3.38. The van der Waals surface area contributed by atoms with Gasteiger partial charge < -0.3 is 14.6 Å². The normalized spacial score (nSPS) is 9.47. The second-order valence-electron chi connectivity index (χ2n) is 3.38. The maximum atomic E-state index is 10.5. The molecule has 0 aliphatic rings. The molecule has 0 spiro atoms. The van der Waals surface area contributed by atoms with Crippen molar-refractivity contribution in [3.05, 3.63) is 23.3 Å². The lowest BCUT2D eigenvalue weighted by Gasteiger charge is -2.11. The van der Waals surface area contributed by atoms with Crippen LogP contribution in [0, 0.1) is 11.3 Å². The van der Waals surface area contributed by atoms with Gasteiger partial charge in [0.15, 0.2) is 11.5 Å². The molecule has 0 amide bonds. The largest absolute Gasteiger partial charge is 0.493 e. The van der Waals surface area contributed by atoms with Crippen LogP contribution in [-0.4, -0.2) is 25.3 Å². The van der Waals surface area contributed by atoms with Gasteiger partial charge in [-0.15, -0.1) is 0 Å². The number of carboxylic acids is 1. The number of methoxy groups -OCH3 is 2. The van der Waals surface area contributed by atoms with Gasteiger partial charge in [-0.05, 0) is 24.1 Å². The highest BCUT2D eigenvalue weighted by atomic mass is 16.5. The van der Waals surface area contributed by atoms with Gasteiger partial charge in [0.2, 0.25) is 0 Å². The minimum Gasteiger partial charge on any atom is -0.493 e. The highest BCUT2D eigenvalue weighted by Gasteiger charge is 2.12. The zero-order valence-electron chi connectivity index (χ0n) is 9.69. The third kappa shape index (κ3) is 3.11. The molecule has 0 saturated heterocycles. The van der Waals surface area contributed by atoms with Crippen LogP contribution in [0.2, 0.25) is 0 Å². The number of hydrogen-bond donors (Lipinski definition) is 1. The lowest BCUT2D eigenvalue weighted by molar-refractivity contribution is -0.136. The molecule has 1 N–H and O–H groups in total. The van der Waals surface area contributed by atoms with Gasteiger partial charge in [0, 0.05) is 6.42 Å².